The number of aliphatic hydroxyl groups is 1. The Balaban J connectivity index is 1.45. The maximum absolute atomic E-state index is 12.8. The summed E-state index contributed by atoms with van der Waals surface area (Å²) < 4.78 is 37.7. The highest BCUT2D eigenvalue weighted by molar-refractivity contribution is 5.88. The Kier molecular flexibility index (Phi) is 5.71. The molecule has 1 amide bonds. The van der Waals surface area contributed by atoms with Crippen LogP contribution in [0.15, 0.2) is 36.4 Å². The zero-order valence-electron chi connectivity index (χ0n) is 16.4. The molecule has 0 aliphatic carbocycles. The van der Waals surface area contributed by atoms with E-state index in [0.717, 1.165) is 0 Å². The van der Waals surface area contributed by atoms with E-state index in [1.54, 1.807) is 19.1 Å². The molecule has 0 spiro atoms. The molecule has 1 N–H and O–H groups in total. The summed E-state index contributed by atoms with van der Waals surface area (Å²) in [6.45, 7) is 1.71. The van der Waals surface area contributed by atoms with Crippen molar-refractivity contribution in [3.8, 4) is 11.6 Å². The van der Waals surface area contributed by atoms with Crippen molar-refractivity contribution in [1.82, 2.24) is 25.2 Å². The standard InChI is InChI=1S/C19H18F2N6O4/c1-11-15(27(25-22-11)13-4-2-12(3-5-13)18(20)21)10-30-17-7-6-16(23-24-17)26-8-14(9-28)31-19(26)29/h2-7,14,18,28H,8-10H2,1H3. The van der Waals surface area contributed by atoms with Gasteiger partial charge in [-0.1, -0.05) is 17.3 Å². The quantitative estimate of drug-likeness (QED) is 0.604. The number of aromatic nitrogens is 5. The van der Waals surface area contributed by atoms with Crippen LogP contribution in [0.2, 0.25) is 0 Å². The van der Waals surface area contributed by atoms with E-state index < -0.39 is 18.6 Å². The third kappa shape index (κ3) is 4.28. The molecule has 1 aromatic carbocycles. The van der Waals surface area contributed by atoms with Gasteiger partial charge in [-0.25, -0.2) is 18.3 Å². The van der Waals surface area contributed by atoms with Crippen LogP contribution < -0.4 is 9.64 Å². The highest BCUT2D eigenvalue weighted by Gasteiger charge is 2.32. The van der Waals surface area contributed by atoms with Crippen LogP contribution in [-0.2, 0) is 11.3 Å². The van der Waals surface area contributed by atoms with E-state index in [1.165, 1.54) is 33.8 Å². The molecule has 1 unspecified atom stereocenters. The minimum Gasteiger partial charge on any atom is -0.470 e. The zero-order chi connectivity index (χ0) is 22.0. The number of ether oxygens (including phenoxy) is 2. The summed E-state index contributed by atoms with van der Waals surface area (Å²) >= 11 is 0. The highest BCUT2D eigenvalue weighted by atomic mass is 19.3. The van der Waals surface area contributed by atoms with Crippen LogP contribution in [0.25, 0.3) is 5.69 Å². The molecule has 12 heteroatoms. The third-order valence-corrected chi connectivity index (χ3v) is 4.68. The predicted molar refractivity (Wildman–Crippen MR) is 102 cm³/mol. The number of rotatable bonds is 7. The zero-order valence-corrected chi connectivity index (χ0v) is 16.4. The average Bonchev–Trinajstić information content (AvgIpc) is 3.34. The molecule has 3 heterocycles. The first-order chi connectivity index (χ1) is 15.0. The number of amides is 1. The second-order valence-corrected chi connectivity index (χ2v) is 6.74. The molecule has 162 valence electrons. The fourth-order valence-corrected chi connectivity index (χ4v) is 2.99. The Bertz CT molecular complexity index is 1060. The number of benzene rings is 1. The summed E-state index contributed by atoms with van der Waals surface area (Å²) in [6, 6.07) is 8.82. The third-order valence-electron chi connectivity index (χ3n) is 4.68. The number of hydrogen-bond donors (Lipinski definition) is 1. The van der Waals surface area contributed by atoms with Crippen molar-refractivity contribution in [2.24, 2.45) is 0 Å². The smallest absolute Gasteiger partial charge is 0.416 e. The van der Waals surface area contributed by atoms with Crippen LogP contribution in [0.3, 0.4) is 0 Å². The predicted octanol–water partition coefficient (Wildman–Crippen LogP) is 2.20. The van der Waals surface area contributed by atoms with Crippen LogP contribution in [0.1, 0.15) is 23.4 Å². The number of halogens is 2. The molecule has 1 aliphatic heterocycles. The van der Waals surface area contributed by atoms with Gasteiger partial charge in [0.15, 0.2) is 5.82 Å². The lowest BCUT2D eigenvalue weighted by Crippen LogP contribution is -2.26. The molecule has 0 radical (unpaired) electrons. The minimum absolute atomic E-state index is 0.0573. The van der Waals surface area contributed by atoms with Crippen LogP contribution >= 0.6 is 0 Å². The largest absolute Gasteiger partial charge is 0.470 e. The van der Waals surface area contributed by atoms with Gasteiger partial charge in [-0.3, -0.25) is 4.90 Å². The Morgan fingerprint density at radius 2 is 1.97 bits per heavy atom. The number of nitrogens with zero attached hydrogens (tertiary/aromatic N) is 6. The van der Waals surface area contributed by atoms with Crippen LogP contribution in [0.4, 0.5) is 19.4 Å². The van der Waals surface area contributed by atoms with Gasteiger partial charge in [0.1, 0.15) is 18.4 Å². The number of carbonyl (C=O) groups is 1. The van der Waals surface area contributed by atoms with Gasteiger partial charge in [-0.05, 0) is 25.1 Å². The normalized spacial score (nSPS) is 16.1. The summed E-state index contributed by atoms with van der Waals surface area (Å²) in [6.07, 6.45) is -3.76. The number of cyclic esters (lactones) is 1. The molecule has 1 saturated heterocycles. The van der Waals surface area contributed by atoms with Crippen molar-refractivity contribution in [2.75, 3.05) is 18.1 Å². The van der Waals surface area contributed by atoms with Crippen LogP contribution in [0, 0.1) is 6.92 Å². The summed E-state index contributed by atoms with van der Waals surface area (Å²) in [5.74, 6) is 0.477. The molecule has 4 rings (SSSR count). The van der Waals surface area contributed by atoms with E-state index in [2.05, 4.69) is 20.5 Å². The lowest BCUT2D eigenvalue weighted by atomic mass is 10.2. The number of alkyl halides is 2. The SMILES string of the molecule is Cc1nnn(-c2ccc(C(F)F)cc2)c1COc1ccc(N2CC(CO)OC2=O)nn1. The monoisotopic (exact) mass is 432 g/mol. The van der Waals surface area contributed by atoms with Crippen molar-refractivity contribution in [1.29, 1.82) is 0 Å². The van der Waals surface area contributed by atoms with E-state index >= 15 is 0 Å². The number of aryl methyl sites for hydroxylation is 1. The number of carbonyl (C=O) groups excluding carboxylic acids is 1. The fourth-order valence-electron chi connectivity index (χ4n) is 2.99. The van der Waals surface area contributed by atoms with Crippen molar-refractivity contribution in [3.05, 3.63) is 53.3 Å². The number of hydrogen-bond acceptors (Lipinski definition) is 8. The van der Waals surface area contributed by atoms with E-state index in [-0.39, 0.29) is 37.0 Å². The molecule has 3 aromatic rings. The number of aliphatic hydroxyl groups excluding tert-OH is 1. The molecule has 1 aliphatic rings. The summed E-state index contributed by atoms with van der Waals surface area (Å²) in [4.78, 5) is 13.1. The second-order valence-electron chi connectivity index (χ2n) is 6.74. The molecule has 2 aromatic heterocycles. The molecule has 10 nitrogen and oxygen atoms in total. The molecule has 0 bridgehead atoms. The van der Waals surface area contributed by atoms with Crippen molar-refractivity contribution >= 4 is 11.9 Å². The van der Waals surface area contributed by atoms with Gasteiger partial charge in [0.2, 0.25) is 5.88 Å². The van der Waals surface area contributed by atoms with Gasteiger partial charge >= 0.3 is 6.09 Å². The first-order valence-electron chi connectivity index (χ1n) is 9.31. The van der Waals surface area contributed by atoms with Crippen molar-refractivity contribution < 1.29 is 28.2 Å². The molecule has 0 saturated carbocycles. The van der Waals surface area contributed by atoms with E-state index in [1.807, 2.05) is 0 Å². The Morgan fingerprint density at radius 1 is 1.19 bits per heavy atom. The van der Waals surface area contributed by atoms with Gasteiger partial charge in [-0.2, -0.15) is 0 Å². The van der Waals surface area contributed by atoms with Crippen molar-refractivity contribution in [3.63, 3.8) is 0 Å². The molecular weight excluding hydrogens is 414 g/mol. The second kappa shape index (κ2) is 8.60. The Labute approximate surface area is 175 Å². The lowest BCUT2D eigenvalue weighted by molar-refractivity contribution is 0.0963. The van der Waals surface area contributed by atoms with Gasteiger partial charge in [0.25, 0.3) is 6.43 Å². The fraction of sp³-hybridized carbons (Fsp3) is 0.316. The highest BCUT2D eigenvalue weighted by Crippen LogP contribution is 2.23. The number of anilines is 1. The lowest BCUT2D eigenvalue weighted by Gasteiger charge is -2.12. The van der Waals surface area contributed by atoms with Crippen LogP contribution in [0.5, 0.6) is 5.88 Å². The Morgan fingerprint density at radius 3 is 2.58 bits per heavy atom. The van der Waals surface area contributed by atoms with E-state index in [9.17, 15) is 13.6 Å². The molecule has 1 atom stereocenters. The topological polar surface area (TPSA) is 115 Å². The average molecular weight is 432 g/mol. The van der Waals surface area contributed by atoms with Gasteiger partial charge in [0, 0.05) is 11.6 Å². The van der Waals surface area contributed by atoms with Gasteiger partial charge in [-0.15, -0.1) is 15.3 Å². The van der Waals surface area contributed by atoms with Crippen molar-refractivity contribution in [2.45, 2.75) is 26.1 Å². The molecular formula is C19H18F2N6O4. The van der Waals surface area contributed by atoms with E-state index in [4.69, 9.17) is 14.6 Å². The van der Waals surface area contributed by atoms with Gasteiger partial charge < -0.3 is 14.6 Å². The Hall–Kier alpha value is -3.67. The first-order valence-corrected chi connectivity index (χ1v) is 9.31. The summed E-state index contributed by atoms with van der Waals surface area (Å²) in [5.41, 5.74) is 1.71. The minimum atomic E-state index is -2.55. The molecule has 31 heavy (non-hydrogen) atoms. The van der Waals surface area contributed by atoms with Gasteiger partial charge in [0.05, 0.1) is 24.5 Å². The maximum Gasteiger partial charge on any atom is 0.416 e. The maximum atomic E-state index is 12.8. The summed E-state index contributed by atoms with van der Waals surface area (Å²) in [5, 5.41) is 25.1. The summed E-state index contributed by atoms with van der Waals surface area (Å²) in [7, 11) is 0. The van der Waals surface area contributed by atoms with E-state index in [0.29, 0.717) is 17.1 Å². The van der Waals surface area contributed by atoms with Crippen LogP contribution in [-0.4, -0.2) is 55.6 Å². The molecule has 1 fully saturated rings. The first kappa shape index (κ1) is 20.6.